The standard InChI is InChI=1S/C30H31Cl2FN2O6S/c1-2-17(27(37)28(38)34-19-8-9-19)13-25(36)24-15-20(42(40,41)26-6-4-3-5-22(26)32)16-35(24)29(39)30(11-12-30)21-10-7-18(31)14-23(21)33/h3-7,10,14,17,19-20,24H,2,8-9,11-13,15-16H2,1H3,(H,34,38)/t17-,20-,24+/m1/s1. The molecule has 12 heteroatoms. The molecule has 0 aromatic heterocycles. The molecule has 0 unspecified atom stereocenters. The van der Waals surface area contributed by atoms with E-state index in [-0.39, 0.29) is 52.4 Å². The summed E-state index contributed by atoms with van der Waals surface area (Å²) in [5.74, 6) is -4.11. The third-order valence-corrected chi connectivity index (χ3v) is 11.4. The summed E-state index contributed by atoms with van der Waals surface area (Å²) in [7, 11) is -4.08. The summed E-state index contributed by atoms with van der Waals surface area (Å²) in [6.45, 7) is 1.39. The summed E-state index contributed by atoms with van der Waals surface area (Å²) in [5, 5.41) is 1.67. The Labute approximate surface area is 253 Å². The first-order chi connectivity index (χ1) is 19.9. The molecule has 0 bridgehead atoms. The molecule has 2 saturated carbocycles. The SMILES string of the molecule is CC[C@H](CC(=O)[C@@H]1C[C@@H](S(=O)(=O)c2ccccc2Cl)CN1C(=O)C1(c2ccc(Cl)cc2F)CC1)C(=O)C(=O)NC1CC1. The van der Waals surface area contributed by atoms with Crippen LogP contribution in [-0.2, 0) is 34.4 Å². The number of amides is 2. The smallest absolute Gasteiger partial charge is 0.287 e. The second-order valence-electron chi connectivity index (χ2n) is 11.4. The molecular formula is C30H31Cl2FN2O6S. The van der Waals surface area contributed by atoms with Gasteiger partial charge in [-0.2, -0.15) is 0 Å². The van der Waals surface area contributed by atoms with Crippen molar-refractivity contribution in [1.82, 2.24) is 10.2 Å². The molecule has 2 aliphatic carbocycles. The van der Waals surface area contributed by atoms with Crippen molar-refractivity contribution in [1.29, 1.82) is 0 Å². The zero-order chi connectivity index (χ0) is 30.4. The molecule has 1 aliphatic heterocycles. The first-order valence-electron chi connectivity index (χ1n) is 14.0. The van der Waals surface area contributed by atoms with Gasteiger partial charge in [0, 0.05) is 35.5 Å². The Kier molecular flexibility index (Phi) is 8.53. The van der Waals surface area contributed by atoms with Gasteiger partial charge in [0.2, 0.25) is 11.7 Å². The molecular weight excluding hydrogens is 606 g/mol. The van der Waals surface area contributed by atoms with Crippen LogP contribution in [0.1, 0.15) is 57.4 Å². The topological polar surface area (TPSA) is 118 Å². The van der Waals surface area contributed by atoms with E-state index in [1.165, 1.54) is 35.2 Å². The van der Waals surface area contributed by atoms with E-state index in [0.29, 0.717) is 12.8 Å². The molecule has 2 amide bonds. The number of nitrogens with one attached hydrogen (secondary N) is 1. The Bertz CT molecular complexity index is 1560. The van der Waals surface area contributed by atoms with Gasteiger partial charge in [-0.15, -0.1) is 0 Å². The highest BCUT2D eigenvalue weighted by Gasteiger charge is 2.58. The van der Waals surface area contributed by atoms with Gasteiger partial charge >= 0.3 is 0 Å². The second kappa shape index (κ2) is 11.7. The molecule has 3 fully saturated rings. The number of nitrogens with zero attached hydrogens (tertiary/aromatic N) is 1. The molecule has 8 nitrogen and oxygen atoms in total. The fourth-order valence-electron chi connectivity index (χ4n) is 5.75. The number of hydrogen-bond donors (Lipinski definition) is 1. The second-order valence-corrected chi connectivity index (χ2v) is 14.4. The lowest BCUT2D eigenvalue weighted by atomic mass is 9.90. The van der Waals surface area contributed by atoms with Crippen molar-refractivity contribution in [3.63, 3.8) is 0 Å². The highest BCUT2D eigenvalue weighted by Crippen LogP contribution is 2.52. The normalized spacial score (nSPS) is 22.0. The van der Waals surface area contributed by atoms with E-state index in [4.69, 9.17) is 23.2 Å². The molecule has 224 valence electrons. The first-order valence-corrected chi connectivity index (χ1v) is 16.3. The average molecular weight is 638 g/mol. The van der Waals surface area contributed by atoms with Crippen LogP contribution in [0.4, 0.5) is 4.39 Å². The van der Waals surface area contributed by atoms with Gasteiger partial charge in [-0.3, -0.25) is 19.2 Å². The lowest BCUT2D eigenvalue weighted by Crippen LogP contribution is -2.47. The zero-order valence-electron chi connectivity index (χ0n) is 22.9. The highest BCUT2D eigenvalue weighted by molar-refractivity contribution is 7.92. The van der Waals surface area contributed by atoms with Gasteiger partial charge in [-0.05, 0) is 62.8 Å². The van der Waals surface area contributed by atoms with E-state index >= 15 is 0 Å². The average Bonchev–Trinajstić information content (AvgIpc) is 3.88. The van der Waals surface area contributed by atoms with Crippen LogP contribution in [0.15, 0.2) is 47.4 Å². The van der Waals surface area contributed by atoms with Gasteiger partial charge < -0.3 is 10.2 Å². The van der Waals surface area contributed by atoms with Crippen molar-refractivity contribution in [2.45, 2.75) is 79.5 Å². The van der Waals surface area contributed by atoms with Crippen molar-refractivity contribution < 1.29 is 32.0 Å². The van der Waals surface area contributed by atoms with E-state index in [2.05, 4.69) is 5.32 Å². The molecule has 0 spiro atoms. The quantitative estimate of drug-likeness (QED) is 0.364. The van der Waals surface area contributed by atoms with Gasteiger partial charge in [-0.25, -0.2) is 12.8 Å². The van der Waals surface area contributed by atoms with Crippen LogP contribution in [0.5, 0.6) is 0 Å². The summed E-state index contributed by atoms with van der Waals surface area (Å²) < 4.78 is 42.4. The van der Waals surface area contributed by atoms with Crippen LogP contribution in [0.3, 0.4) is 0 Å². The molecule has 3 atom stereocenters. The van der Waals surface area contributed by atoms with Gasteiger partial charge in [0.1, 0.15) is 5.82 Å². The monoisotopic (exact) mass is 636 g/mol. The number of Topliss-reactive ketones (excluding diaryl/α,β-unsaturated/α-hetero) is 2. The van der Waals surface area contributed by atoms with Crippen molar-refractivity contribution in [2.24, 2.45) is 5.92 Å². The van der Waals surface area contributed by atoms with Crippen LogP contribution in [0, 0.1) is 11.7 Å². The number of hydrogen-bond acceptors (Lipinski definition) is 6. The summed E-state index contributed by atoms with van der Waals surface area (Å²) in [5.41, 5.74) is -1.11. The van der Waals surface area contributed by atoms with Gasteiger partial charge in [0.15, 0.2) is 15.6 Å². The third-order valence-electron chi connectivity index (χ3n) is 8.53. The lowest BCUT2D eigenvalue weighted by Gasteiger charge is -2.29. The molecule has 2 aromatic rings. The number of halogens is 3. The van der Waals surface area contributed by atoms with E-state index in [0.717, 1.165) is 18.9 Å². The van der Waals surface area contributed by atoms with Gasteiger partial charge in [0.05, 0.1) is 26.6 Å². The van der Waals surface area contributed by atoms with Crippen molar-refractivity contribution >= 4 is 56.4 Å². The molecule has 1 saturated heterocycles. The van der Waals surface area contributed by atoms with E-state index in [1.54, 1.807) is 13.0 Å². The summed E-state index contributed by atoms with van der Waals surface area (Å²) >= 11 is 12.1. The Morgan fingerprint density at radius 3 is 2.38 bits per heavy atom. The molecule has 1 N–H and O–H groups in total. The number of likely N-dealkylation sites (tertiary alicyclic amines) is 1. The van der Waals surface area contributed by atoms with E-state index in [9.17, 15) is 32.0 Å². The lowest BCUT2D eigenvalue weighted by molar-refractivity contribution is -0.143. The van der Waals surface area contributed by atoms with Gasteiger partial charge in [0.25, 0.3) is 5.91 Å². The fraction of sp³-hybridized carbons (Fsp3) is 0.467. The van der Waals surface area contributed by atoms with Crippen LogP contribution in [0.25, 0.3) is 0 Å². The molecule has 0 radical (unpaired) electrons. The maximum atomic E-state index is 15.0. The highest BCUT2D eigenvalue weighted by atomic mass is 35.5. The predicted octanol–water partition coefficient (Wildman–Crippen LogP) is 4.44. The zero-order valence-corrected chi connectivity index (χ0v) is 25.3. The number of sulfone groups is 1. The Hall–Kier alpha value is -2.82. The molecule has 42 heavy (non-hydrogen) atoms. The van der Waals surface area contributed by atoms with Crippen LogP contribution in [-0.4, -0.2) is 60.6 Å². The maximum absolute atomic E-state index is 15.0. The number of carbonyl (C=O) groups is 4. The number of benzene rings is 2. The summed E-state index contributed by atoms with van der Waals surface area (Å²) in [6, 6.07) is 8.77. The Balaban J connectivity index is 1.45. The van der Waals surface area contributed by atoms with Crippen LogP contribution >= 0.6 is 23.2 Å². The minimum absolute atomic E-state index is 0.0189. The Morgan fingerprint density at radius 1 is 1.10 bits per heavy atom. The predicted molar refractivity (Wildman–Crippen MR) is 154 cm³/mol. The minimum atomic E-state index is -4.08. The summed E-state index contributed by atoms with van der Waals surface area (Å²) in [4.78, 5) is 54.3. The molecule has 2 aromatic carbocycles. The minimum Gasteiger partial charge on any atom is -0.347 e. The Morgan fingerprint density at radius 2 is 1.79 bits per heavy atom. The number of rotatable bonds is 11. The molecule has 5 rings (SSSR count). The van der Waals surface area contributed by atoms with Crippen molar-refractivity contribution in [2.75, 3.05) is 6.54 Å². The first kappa shape index (κ1) is 30.6. The van der Waals surface area contributed by atoms with Crippen LogP contribution < -0.4 is 5.32 Å². The maximum Gasteiger partial charge on any atom is 0.287 e. The van der Waals surface area contributed by atoms with Crippen LogP contribution in [0.2, 0.25) is 10.0 Å². The number of ketones is 2. The van der Waals surface area contributed by atoms with Crippen molar-refractivity contribution in [3.05, 3.63) is 63.9 Å². The molecule has 3 aliphatic rings. The largest absolute Gasteiger partial charge is 0.347 e. The third kappa shape index (κ3) is 5.85. The van der Waals surface area contributed by atoms with Gasteiger partial charge in [-0.1, -0.05) is 48.3 Å². The fourth-order valence-corrected chi connectivity index (χ4v) is 8.13. The van der Waals surface area contributed by atoms with Crippen molar-refractivity contribution in [3.8, 4) is 0 Å². The number of carbonyl (C=O) groups excluding carboxylic acids is 4. The van der Waals surface area contributed by atoms with E-state index in [1.807, 2.05) is 0 Å². The summed E-state index contributed by atoms with van der Waals surface area (Å²) in [6.07, 6.45) is 1.91. The molecule has 1 heterocycles. The van der Waals surface area contributed by atoms with E-state index < -0.39 is 61.7 Å².